The molecule has 8 heteroatoms. The summed E-state index contributed by atoms with van der Waals surface area (Å²) in [6.07, 6.45) is 5.49. The van der Waals surface area contributed by atoms with Gasteiger partial charge in [0.2, 0.25) is 0 Å². The van der Waals surface area contributed by atoms with Crippen LogP contribution in [0.25, 0.3) is 11.3 Å². The first-order valence-corrected chi connectivity index (χ1v) is 13.9. The molecule has 3 aliphatic heterocycles. The van der Waals surface area contributed by atoms with Gasteiger partial charge in [0.1, 0.15) is 5.75 Å². The van der Waals surface area contributed by atoms with E-state index >= 15 is 0 Å². The summed E-state index contributed by atoms with van der Waals surface area (Å²) in [4.78, 5) is 10.5. The number of hydrogen-bond acceptors (Lipinski definition) is 8. The summed E-state index contributed by atoms with van der Waals surface area (Å²) in [7, 11) is 1.90. The van der Waals surface area contributed by atoms with E-state index < -0.39 is 0 Å². The Hall–Kier alpha value is -2.42. The molecule has 4 heterocycles. The maximum absolute atomic E-state index is 10.3. The molecule has 0 bridgehead atoms. The van der Waals surface area contributed by atoms with E-state index in [0.29, 0.717) is 11.1 Å². The molecular weight excluding hydrogens is 450 g/mol. The molecule has 1 spiro atoms. The second-order valence-electron chi connectivity index (χ2n) is 11.4. The van der Waals surface area contributed by atoms with Crippen LogP contribution in [0.2, 0.25) is 0 Å². The van der Waals surface area contributed by atoms with E-state index in [1.165, 1.54) is 58.4 Å². The number of aromatic nitrogens is 2. The van der Waals surface area contributed by atoms with Crippen LogP contribution >= 0.6 is 0 Å². The molecule has 0 unspecified atom stereocenters. The first-order chi connectivity index (χ1) is 17.6. The van der Waals surface area contributed by atoms with Gasteiger partial charge in [-0.25, -0.2) is 0 Å². The number of nitrogens with zero attached hydrogens (tertiary/aromatic N) is 6. The Bertz CT molecular complexity index is 1050. The minimum absolute atomic E-state index is 0.236. The van der Waals surface area contributed by atoms with Gasteiger partial charge >= 0.3 is 0 Å². The quantitative estimate of drug-likeness (QED) is 0.639. The standard InChI is InChI=1S/C28H41N7O/c1-3-32-10-8-21(9-11-32)35-19-28(20-35)17-22(18-28)33-12-14-34(15-13-33)25-16-24(30-31-27(25)29-2)23-6-4-5-7-26(23)36/h4-7,16,21-22,36H,3,8-15,17-20H2,1-2H3,(H,29,31). The lowest BCUT2D eigenvalue weighted by atomic mass is 9.59. The lowest BCUT2D eigenvalue weighted by Crippen LogP contribution is -2.69. The van der Waals surface area contributed by atoms with Gasteiger partial charge < -0.3 is 20.2 Å². The zero-order valence-electron chi connectivity index (χ0n) is 21.9. The van der Waals surface area contributed by atoms with Crippen molar-refractivity contribution in [3.05, 3.63) is 30.3 Å². The third kappa shape index (κ3) is 4.44. The average Bonchev–Trinajstić information content (AvgIpc) is 2.88. The number of para-hydroxylation sites is 1. The van der Waals surface area contributed by atoms with Gasteiger partial charge in [-0.05, 0) is 68.9 Å². The summed E-state index contributed by atoms with van der Waals surface area (Å²) in [5, 5.41) is 22.3. The number of phenols is 1. The molecular formula is C28H41N7O. The monoisotopic (exact) mass is 491 g/mol. The minimum atomic E-state index is 0.236. The summed E-state index contributed by atoms with van der Waals surface area (Å²) in [6, 6.07) is 11.0. The first-order valence-electron chi connectivity index (χ1n) is 13.9. The highest BCUT2D eigenvalue weighted by atomic mass is 16.3. The van der Waals surface area contributed by atoms with Crippen molar-refractivity contribution in [2.75, 3.05) is 76.2 Å². The maximum atomic E-state index is 10.3. The maximum Gasteiger partial charge on any atom is 0.172 e. The fraction of sp³-hybridized carbons (Fsp3) is 0.643. The molecule has 6 rings (SSSR count). The van der Waals surface area contributed by atoms with Crippen LogP contribution in [0.4, 0.5) is 11.5 Å². The summed E-state index contributed by atoms with van der Waals surface area (Å²) in [5.41, 5.74) is 3.11. The van der Waals surface area contributed by atoms with Crippen molar-refractivity contribution in [1.82, 2.24) is 24.9 Å². The molecule has 4 fully saturated rings. The van der Waals surface area contributed by atoms with Crippen LogP contribution in [0.3, 0.4) is 0 Å². The number of anilines is 2. The molecule has 0 amide bonds. The van der Waals surface area contributed by atoms with Crippen molar-refractivity contribution in [3.63, 3.8) is 0 Å². The highest BCUT2D eigenvalue weighted by molar-refractivity contribution is 5.75. The average molecular weight is 492 g/mol. The highest BCUT2D eigenvalue weighted by Crippen LogP contribution is 2.51. The van der Waals surface area contributed by atoms with E-state index in [0.717, 1.165) is 55.3 Å². The van der Waals surface area contributed by atoms with E-state index in [2.05, 4.69) is 48.1 Å². The van der Waals surface area contributed by atoms with Crippen LogP contribution in [0.5, 0.6) is 5.75 Å². The van der Waals surface area contributed by atoms with Crippen LogP contribution < -0.4 is 10.2 Å². The number of likely N-dealkylation sites (tertiary alicyclic amines) is 2. The number of piperidine rings is 1. The molecule has 2 N–H and O–H groups in total. The van der Waals surface area contributed by atoms with Crippen molar-refractivity contribution in [1.29, 1.82) is 0 Å². The van der Waals surface area contributed by atoms with Gasteiger partial charge in [0, 0.05) is 64.0 Å². The fourth-order valence-electron chi connectivity index (χ4n) is 7.08. The molecule has 3 saturated heterocycles. The Morgan fingerprint density at radius 1 is 0.944 bits per heavy atom. The number of hydrogen-bond donors (Lipinski definition) is 2. The van der Waals surface area contributed by atoms with Crippen molar-refractivity contribution < 1.29 is 5.11 Å². The molecule has 4 aliphatic rings. The molecule has 2 aromatic rings. The van der Waals surface area contributed by atoms with Gasteiger partial charge in [0.05, 0.1) is 11.4 Å². The first kappa shape index (κ1) is 23.9. The van der Waals surface area contributed by atoms with Crippen molar-refractivity contribution >= 4 is 11.5 Å². The number of piperazine rings is 1. The van der Waals surface area contributed by atoms with E-state index in [9.17, 15) is 5.11 Å². The molecule has 8 nitrogen and oxygen atoms in total. The van der Waals surface area contributed by atoms with Crippen molar-refractivity contribution in [3.8, 4) is 17.0 Å². The Balaban J connectivity index is 1.02. The van der Waals surface area contributed by atoms with Crippen molar-refractivity contribution in [2.24, 2.45) is 5.41 Å². The Kier molecular flexibility index (Phi) is 6.52. The van der Waals surface area contributed by atoms with Gasteiger partial charge in [0.25, 0.3) is 0 Å². The van der Waals surface area contributed by atoms with E-state index in [-0.39, 0.29) is 5.75 Å². The summed E-state index contributed by atoms with van der Waals surface area (Å²) < 4.78 is 0. The summed E-state index contributed by atoms with van der Waals surface area (Å²) in [6.45, 7) is 12.9. The fourth-order valence-corrected chi connectivity index (χ4v) is 7.08. The predicted octanol–water partition coefficient (Wildman–Crippen LogP) is 2.96. The van der Waals surface area contributed by atoms with Crippen LogP contribution in [-0.4, -0.2) is 108 Å². The second-order valence-corrected chi connectivity index (χ2v) is 11.4. The molecule has 1 aromatic heterocycles. The third-order valence-corrected chi connectivity index (χ3v) is 9.30. The molecule has 36 heavy (non-hydrogen) atoms. The van der Waals surface area contributed by atoms with Gasteiger partial charge in [-0.15, -0.1) is 10.2 Å². The van der Waals surface area contributed by atoms with Gasteiger partial charge in [-0.1, -0.05) is 19.1 Å². The molecule has 0 atom stereocenters. The lowest BCUT2D eigenvalue weighted by molar-refractivity contribution is -0.131. The van der Waals surface area contributed by atoms with E-state index in [4.69, 9.17) is 0 Å². The van der Waals surface area contributed by atoms with Gasteiger partial charge in [-0.2, -0.15) is 0 Å². The smallest absolute Gasteiger partial charge is 0.172 e. The SMILES string of the molecule is CCN1CCC(N2CC3(CC(N4CCN(c5cc(-c6ccccc6O)nnc5NC)CC4)C3)C2)CC1. The Labute approximate surface area is 215 Å². The van der Waals surface area contributed by atoms with Gasteiger partial charge in [-0.3, -0.25) is 9.80 Å². The minimum Gasteiger partial charge on any atom is -0.507 e. The predicted molar refractivity (Wildman–Crippen MR) is 145 cm³/mol. The zero-order valence-corrected chi connectivity index (χ0v) is 21.9. The van der Waals surface area contributed by atoms with E-state index in [1.807, 2.05) is 25.2 Å². The van der Waals surface area contributed by atoms with Crippen molar-refractivity contribution in [2.45, 2.75) is 44.7 Å². The Morgan fingerprint density at radius 3 is 2.33 bits per heavy atom. The topological polar surface area (TPSA) is 71.0 Å². The summed E-state index contributed by atoms with van der Waals surface area (Å²) >= 11 is 0. The number of benzene rings is 1. The molecule has 0 radical (unpaired) electrons. The molecule has 1 aliphatic carbocycles. The van der Waals surface area contributed by atoms with Crippen LogP contribution in [0, 0.1) is 5.41 Å². The van der Waals surface area contributed by atoms with Gasteiger partial charge in [0.15, 0.2) is 5.82 Å². The second kappa shape index (κ2) is 9.80. The van der Waals surface area contributed by atoms with E-state index in [1.54, 1.807) is 6.07 Å². The number of rotatable bonds is 6. The highest BCUT2D eigenvalue weighted by Gasteiger charge is 2.55. The molecule has 1 aromatic carbocycles. The van der Waals surface area contributed by atoms with Crippen LogP contribution in [0.1, 0.15) is 32.6 Å². The summed E-state index contributed by atoms with van der Waals surface area (Å²) in [5.74, 6) is 1.03. The number of phenolic OH excluding ortho intramolecular Hbond substituents is 1. The van der Waals surface area contributed by atoms with Crippen LogP contribution in [-0.2, 0) is 0 Å². The van der Waals surface area contributed by atoms with Crippen LogP contribution in [0.15, 0.2) is 30.3 Å². The number of aromatic hydroxyl groups is 1. The molecule has 194 valence electrons. The normalized spacial score (nSPS) is 24.0. The zero-order chi connectivity index (χ0) is 24.7. The molecule has 1 saturated carbocycles. The number of nitrogens with one attached hydrogen (secondary N) is 1. The largest absolute Gasteiger partial charge is 0.507 e. The Morgan fingerprint density at radius 2 is 1.67 bits per heavy atom. The lowest BCUT2D eigenvalue weighted by Gasteiger charge is -2.63. The third-order valence-electron chi connectivity index (χ3n) is 9.30.